The molecule has 39 heavy (non-hydrogen) atoms. The van der Waals surface area contributed by atoms with Gasteiger partial charge in [-0.05, 0) is 96.9 Å². The van der Waals surface area contributed by atoms with E-state index in [2.05, 4.69) is 32.9 Å². The zero-order valence-electron chi connectivity index (χ0n) is 25.5. The smallest absolute Gasteiger partial charge is 0.339 e. The maximum absolute atomic E-state index is 12.1. The Morgan fingerprint density at radius 2 is 1.67 bits per heavy atom. The van der Waals surface area contributed by atoms with Crippen molar-refractivity contribution in [2.75, 3.05) is 0 Å². The highest BCUT2D eigenvalue weighted by Gasteiger charge is 2.22. The molecule has 3 N–H and O–H groups in total. The van der Waals surface area contributed by atoms with Crippen LogP contribution in [0, 0.1) is 5.92 Å². The molecule has 218 valence electrons. The number of aliphatic hydroxyl groups excluding tert-OH is 3. The van der Waals surface area contributed by atoms with E-state index in [0.29, 0.717) is 17.7 Å². The molecule has 0 amide bonds. The molecule has 0 saturated heterocycles. The minimum atomic E-state index is -0.696. The van der Waals surface area contributed by atoms with Gasteiger partial charge in [-0.2, -0.15) is 0 Å². The first-order chi connectivity index (χ1) is 18.4. The Labute approximate surface area is 236 Å². The summed E-state index contributed by atoms with van der Waals surface area (Å²) in [6.07, 6.45) is 13.3. The summed E-state index contributed by atoms with van der Waals surface area (Å²) in [6, 6.07) is 3.62. The standard InChI is InChI=1S/C34H52O5/c1-9-11-15-29-17-18-30(39-34(29)38)22-32(36)27(7)14-12-13-23(3)20-25(5)21-24(4)16-19-31(35)28(8)33(37)26(6)10-2/h10,13-14,16-18,21,28,31-33,35-37H,9,11-12,15,19-20,22H2,1-8H3. The summed E-state index contributed by atoms with van der Waals surface area (Å²) in [5.74, 6) is 0.271. The van der Waals surface area contributed by atoms with Crippen molar-refractivity contribution in [2.24, 2.45) is 5.92 Å². The first kappa shape index (κ1) is 34.6. The number of hydrogen-bond donors (Lipinski definition) is 3. The van der Waals surface area contributed by atoms with E-state index in [4.69, 9.17) is 4.42 Å². The summed E-state index contributed by atoms with van der Waals surface area (Å²) in [6.45, 7) is 15.9. The number of allylic oxidation sites excluding steroid dienone is 7. The molecule has 5 heteroatoms. The fourth-order valence-corrected chi connectivity index (χ4v) is 4.40. The van der Waals surface area contributed by atoms with Gasteiger partial charge in [-0.1, -0.05) is 67.4 Å². The van der Waals surface area contributed by atoms with Gasteiger partial charge in [0, 0.05) is 17.9 Å². The van der Waals surface area contributed by atoms with Crippen LogP contribution in [0.25, 0.3) is 0 Å². The lowest BCUT2D eigenvalue weighted by atomic mass is 9.91. The summed E-state index contributed by atoms with van der Waals surface area (Å²) < 4.78 is 5.42. The average molecular weight is 541 g/mol. The molecule has 4 unspecified atom stereocenters. The molecule has 1 heterocycles. The van der Waals surface area contributed by atoms with Crippen molar-refractivity contribution < 1.29 is 19.7 Å². The van der Waals surface area contributed by atoms with Crippen LogP contribution < -0.4 is 5.63 Å². The zero-order chi connectivity index (χ0) is 29.5. The monoisotopic (exact) mass is 540 g/mol. The molecule has 1 aromatic rings. The Morgan fingerprint density at radius 1 is 0.974 bits per heavy atom. The van der Waals surface area contributed by atoms with Crippen molar-refractivity contribution in [1.82, 2.24) is 0 Å². The lowest BCUT2D eigenvalue weighted by Crippen LogP contribution is -2.29. The molecule has 4 atom stereocenters. The van der Waals surface area contributed by atoms with Crippen LogP contribution in [0.5, 0.6) is 0 Å². The van der Waals surface area contributed by atoms with Crippen LogP contribution in [0.15, 0.2) is 79.6 Å². The van der Waals surface area contributed by atoms with E-state index in [1.54, 1.807) is 6.07 Å². The maximum atomic E-state index is 12.1. The Bertz CT molecular complexity index is 1100. The second-order valence-electron chi connectivity index (χ2n) is 11.0. The fraction of sp³-hybridized carbons (Fsp3) is 0.559. The van der Waals surface area contributed by atoms with Crippen LogP contribution in [-0.4, -0.2) is 33.6 Å². The van der Waals surface area contributed by atoms with Crippen molar-refractivity contribution in [3.05, 3.63) is 92.1 Å². The molecule has 0 aliphatic carbocycles. The molecule has 0 saturated carbocycles. The number of aryl methyl sites for hydroxylation is 1. The van der Waals surface area contributed by atoms with Gasteiger partial charge in [0.15, 0.2) is 0 Å². The summed E-state index contributed by atoms with van der Waals surface area (Å²) in [4.78, 5) is 12.1. The third kappa shape index (κ3) is 13.0. The number of hydrogen-bond acceptors (Lipinski definition) is 5. The molecule has 0 spiro atoms. The van der Waals surface area contributed by atoms with Crippen molar-refractivity contribution in [1.29, 1.82) is 0 Å². The van der Waals surface area contributed by atoms with Gasteiger partial charge in [-0.3, -0.25) is 0 Å². The van der Waals surface area contributed by atoms with Crippen molar-refractivity contribution >= 4 is 0 Å². The second-order valence-corrected chi connectivity index (χ2v) is 11.0. The highest BCUT2D eigenvalue weighted by molar-refractivity contribution is 5.25. The molecular formula is C34H52O5. The number of unbranched alkanes of at least 4 members (excludes halogenated alkanes) is 1. The van der Waals surface area contributed by atoms with E-state index >= 15 is 0 Å². The SMILES string of the molecule is CC=C(C)C(O)C(C)C(O)CC=C(C)C=C(C)CC(C)=CCC=C(C)C(O)Cc1ccc(CCCC)c(=O)o1. The Hall–Kier alpha value is -2.47. The molecular weight excluding hydrogens is 488 g/mol. The van der Waals surface area contributed by atoms with Crippen LogP contribution in [-0.2, 0) is 12.8 Å². The molecule has 0 radical (unpaired) electrons. The third-order valence-corrected chi connectivity index (χ3v) is 7.32. The highest BCUT2D eigenvalue weighted by atomic mass is 16.4. The van der Waals surface area contributed by atoms with Gasteiger partial charge in [0.1, 0.15) is 5.76 Å². The minimum absolute atomic E-state index is 0.231. The Morgan fingerprint density at radius 3 is 2.28 bits per heavy atom. The normalized spacial score (nSPS) is 17.3. The van der Waals surface area contributed by atoms with Gasteiger partial charge in [-0.15, -0.1) is 0 Å². The molecule has 1 aromatic heterocycles. The van der Waals surface area contributed by atoms with E-state index in [1.165, 1.54) is 11.1 Å². The topological polar surface area (TPSA) is 90.9 Å². The molecule has 5 nitrogen and oxygen atoms in total. The summed E-state index contributed by atoms with van der Waals surface area (Å²) in [5, 5.41) is 31.4. The first-order valence-corrected chi connectivity index (χ1v) is 14.3. The highest BCUT2D eigenvalue weighted by Crippen LogP contribution is 2.20. The van der Waals surface area contributed by atoms with E-state index in [9.17, 15) is 20.1 Å². The van der Waals surface area contributed by atoms with E-state index < -0.39 is 18.3 Å². The lowest BCUT2D eigenvalue weighted by Gasteiger charge is -2.24. The first-order valence-electron chi connectivity index (χ1n) is 14.3. The quantitative estimate of drug-likeness (QED) is 0.153. The summed E-state index contributed by atoms with van der Waals surface area (Å²) >= 11 is 0. The van der Waals surface area contributed by atoms with Crippen LogP contribution in [0.4, 0.5) is 0 Å². The van der Waals surface area contributed by atoms with Gasteiger partial charge in [-0.25, -0.2) is 4.79 Å². The second kappa shape index (κ2) is 18.0. The van der Waals surface area contributed by atoms with Gasteiger partial charge < -0.3 is 19.7 Å². The number of aliphatic hydroxyl groups is 3. The molecule has 0 aliphatic heterocycles. The fourth-order valence-electron chi connectivity index (χ4n) is 4.40. The molecule has 0 bridgehead atoms. The van der Waals surface area contributed by atoms with Gasteiger partial charge in [0.2, 0.25) is 0 Å². The maximum Gasteiger partial charge on any atom is 0.339 e. The Balaban J connectivity index is 2.63. The van der Waals surface area contributed by atoms with E-state index in [0.717, 1.165) is 48.8 Å². The Kier molecular flexibility index (Phi) is 15.9. The molecule has 0 aliphatic rings. The predicted octanol–water partition coefficient (Wildman–Crippen LogP) is 7.17. The summed E-state index contributed by atoms with van der Waals surface area (Å²) in [7, 11) is 0. The van der Waals surface area contributed by atoms with Crippen LogP contribution in [0.2, 0.25) is 0 Å². The molecule has 0 fully saturated rings. The zero-order valence-corrected chi connectivity index (χ0v) is 25.5. The van der Waals surface area contributed by atoms with E-state index in [1.807, 2.05) is 58.9 Å². The third-order valence-electron chi connectivity index (χ3n) is 7.32. The van der Waals surface area contributed by atoms with Gasteiger partial charge in [0.05, 0.1) is 18.3 Å². The van der Waals surface area contributed by atoms with Crippen LogP contribution in [0.1, 0.15) is 98.8 Å². The molecule has 1 rings (SSSR count). The van der Waals surface area contributed by atoms with Crippen LogP contribution >= 0.6 is 0 Å². The summed E-state index contributed by atoms with van der Waals surface area (Å²) in [5.41, 5.74) is 5.68. The molecule has 0 aromatic carbocycles. The minimum Gasteiger partial charge on any atom is -0.428 e. The van der Waals surface area contributed by atoms with Gasteiger partial charge >= 0.3 is 5.63 Å². The van der Waals surface area contributed by atoms with E-state index in [-0.39, 0.29) is 18.0 Å². The largest absolute Gasteiger partial charge is 0.428 e. The van der Waals surface area contributed by atoms with Crippen molar-refractivity contribution in [3.8, 4) is 0 Å². The van der Waals surface area contributed by atoms with Gasteiger partial charge in [0.25, 0.3) is 0 Å². The van der Waals surface area contributed by atoms with Crippen molar-refractivity contribution in [3.63, 3.8) is 0 Å². The predicted molar refractivity (Wildman–Crippen MR) is 163 cm³/mol. The van der Waals surface area contributed by atoms with Crippen molar-refractivity contribution in [2.45, 2.75) is 119 Å². The average Bonchev–Trinajstić information content (AvgIpc) is 2.89. The van der Waals surface area contributed by atoms with Crippen LogP contribution in [0.3, 0.4) is 0 Å². The lowest BCUT2D eigenvalue weighted by molar-refractivity contribution is 0.0415. The number of rotatable bonds is 16.